The second-order valence-corrected chi connectivity index (χ2v) is 5.87. The highest BCUT2D eigenvalue weighted by atomic mass is 19.1. The number of H-pyrrole nitrogens is 1. The van der Waals surface area contributed by atoms with Crippen molar-refractivity contribution >= 4 is 5.91 Å². The number of hydrogen-bond donors (Lipinski definition) is 2. The lowest BCUT2D eigenvalue weighted by Gasteiger charge is -2.18. The van der Waals surface area contributed by atoms with Crippen LogP contribution in [0.2, 0.25) is 0 Å². The highest BCUT2D eigenvalue weighted by molar-refractivity contribution is 5.92. The molecule has 120 valence electrons. The van der Waals surface area contributed by atoms with E-state index in [0.29, 0.717) is 12.0 Å². The van der Waals surface area contributed by atoms with E-state index in [1.165, 1.54) is 24.3 Å². The Morgan fingerprint density at radius 2 is 2.13 bits per heavy atom. The molecule has 1 saturated carbocycles. The number of amides is 1. The highest BCUT2D eigenvalue weighted by Gasteiger charge is 2.53. The smallest absolute Gasteiger partial charge is 0.271 e. The van der Waals surface area contributed by atoms with E-state index < -0.39 is 28.5 Å². The second-order valence-electron chi connectivity index (χ2n) is 5.87. The van der Waals surface area contributed by atoms with Crippen molar-refractivity contribution in [1.29, 1.82) is 0 Å². The summed E-state index contributed by atoms with van der Waals surface area (Å²) in [4.78, 5) is 23.0. The second kappa shape index (κ2) is 5.57. The molecule has 1 aliphatic rings. The van der Waals surface area contributed by atoms with Crippen LogP contribution in [0.25, 0.3) is 0 Å². The summed E-state index contributed by atoms with van der Waals surface area (Å²) < 4.78 is 27.1. The average molecular weight is 319 g/mol. The van der Waals surface area contributed by atoms with Gasteiger partial charge in [0, 0.05) is 24.1 Å². The van der Waals surface area contributed by atoms with Gasteiger partial charge in [-0.3, -0.25) is 9.59 Å². The molecule has 1 amide bonds. The number of nitrogens with zero attached hydrogens (tertiary/aromatic N) is 1. The zero-order valence-electron chi connectivity index (χ0n) is 12.4. The summed E-state index contributed by atoms with van der Waals surface area (Å²) in [6.07, 6.45) is 0.703. The van der Waals surface area contributed by atoms with Crippen molar-refractivity contribution in [2.45, 2.75) is 18.8 Å². The van der Waals surface area contributed by atoms with Crippen LogP contribution in [0.4, 0.5) is 8.78 Å². The molecule has 5 nitrogen and oxygen atoms in total. The van der Waals surface area contributed by atoms with Crippen molar-refractivity contribution in [3.63, 3.8) is 0 Å². The molecule has 0 bridgehead atoms. The van der Waals surface area contributed by atoms with Gasteiger partial charge < -0.3 is 5.32 Å². The monoisotopic (exact) mass is 319 g/mol. The Balaban J connectivity index is 1.76. The highest BCUT2D eigenvalue weighted by Crippen LogP contribution is 2.54. The first-order valence-electron chi connectivity index (χ1n) is 7.22. The summed E-state index contributed by atoms with van der Waals surface area (Å²) in [5, 5.41) is 8.54. The van der Waals surface area contributed by atoms with Gasteiger partial charge in [0.1, 0.15) is 17.3 Å². The third kappa shape index (κ3) is 2.86. The molecular formula is C16H15F2N3O2. The van der Waals surface area contributed by atoms with E-state index in [2.05, 4.69) is 15.5 Å². The predicted octanol–water partition coefficient (Wildman–Crippen LogP) is 1.76. The third-order valence-corrected chi connectivity index (χ3v) is 4.40. The number of carbonyl (C=O) groups is 1. The minimum atomic E-state index is -0.629. The first-order chi connectivity index (χ1) is 10.9. The Hall–Kier alpha value is -2.57. The SMILES string of the molecule is CC1CC1(CNC(=O)c1ccc(=O)[nH]n1)c1ccc(F)cc1F. The third-order valence-electron chi connectivity index (χ3n) is 4.40. The molecule has 2 N–H and O–H groups in total. The molecule has 1 fully saturated rings. The standard InChI is InChI=1S/C16H15F2N3O2/c1-9-7-16(9,11-3-2-10(17)6-12(11)18)8-19-15(23)13-4-5-14(22)21-20-13/h2-6,9H,7-8H2,1H3,(H,19,23)(H,21,22). The van der Waals surface area contributed by atoms with E-state index >= 15 is 0 Å². The number of aromatic amines is 1. The van der Waals surface area contributed by atoms with Gasteiger partial charge in [-0.25, -0.2) is 13.9 Å². The molecule has 7 heteroatoms. The van der Waals surface area contributed by atoms with Crippen molar-refractivity contribution in [2.24, 2.45) is 5.92 Å². The van der Waals surface area contributed by atoms with Crippen LogP contribution in [0.1, 0.15) is 29.4 Å². The maximum atomic E-state index is 14.0. The molecule has 3 rings (SSSR count). The zero-order valence-corrected chi connectivity index (χ0v) is 12.4. The fourth-order valence-corrected chi connectivity index (χ4v) is 2.90. The van der Waals surface area contributed by atoms with Crippen LogP contribution in [0, 0.1) is 17.6 Å². The molecule has 1 aliphatic carbocycles. The molecule has 23 heavy (non-hydrogen) atoms. The molecule has 1 aromatic carbocycles. The van der Waals surface area contributed by atoms with Gasteiger partial charge in [-0.1, -0.05) is 13.0 Å². The number of nitrogens with one attached hydrogen (secondary N) is 2. The summed E-state index contributed by atoms with van der Waals surface area (Å²) in [6.45, 7) is 2.17. The van der Waals surface area contributed by atoms with E-state index in [-0.39, 0.29) is 18.2 Å². The molecule has 2 unspecified atom stereocenters. The Bertz CT molecular complexity index is 801. The first kappa shape index (κ1) is 15.3. The van der Waals surface area contributed by atoms with Crippen LogP contribution < -0.4 is 10.9 Å². The lowest BCUT2D eigenvalue weighted by atomic mass is 9.92. The van der Waals surface area contributed by atoms with Gasteiger partial charge in [0.15, 0.2) is 0 Å². The molecule has 0 aliphatic heterocycles. The quantitative estimate of drug-likeness (QED) is 0.901. The van der Waals surface area contributed by atoms with Gasteiger partial charge in [-0.15, -0.1) is 0 Å². The Morgan fingerprint density at radius 3 is 2.70 bits per heavy atom. The van der Waals surface area contributed by atoms with Crippen molar-refractivity contribution < 1.29 is 13.6 Å². The van der Waals surface area contributed by atoms with Crippen molar-refractivity contribution in [1.82, 2.24) is 15.5 Å². The maximum absolute atomic E-state index is 14.0. The maximum Gasteiger partial charge on any atom is 0.271 e. The van der Waals surface area contributed by atoms with Crippen LogP contribution >= 0.6 is 0 Å². The van der Waals surface area contributed by atoms with Crippen molar-refractivity contribution in [3.05, 3.63) is 63.6 Å². The first-order valence-corrected chi connectivity index (χ1v) is 7.22. The van der Waals surface area contributed by atoms with E-state index in [1.807, 2.05) is 6.92 Å². The van der Waals surface area contributed by atoms with Crippen molar-refractivity contribution in [3.8, 4) is 0 Å². The van der Waals surface area contributed by atoms with Crippen LogP contribution in [0.15, 0.2) is 35.1 Å². The summed E-state index contributed by atoms with van der Waals surface area (Å²) >= 11 is 0. The number of halogens is 2. The van der Waals surface area contributed by atoms with E-state index in [9.17, 15) is 18.4 Å². The van der Waals surface area contributed by atoms with Gasteiger partial charge in [0.2, 0.25) is 0 Å². The molecular weight excluding hydrogens is 304 g/mol. The van der Waals surface area contributed by atoms with Crippen LogP contribution in [0.5, 0.6) is 0 Å². The van der Waals surface area contributed by atoms with Crippen LogP contribution in [0.3, 0.4) is 0 Å². The molecule has 0 radical (unpaired) electrons. The minimum absolute atomic E-state index is 0.0765. The minimum Gasteiger partial charge on any atom is -0.350 e. The lowest BCUT2D eigenvalue weighted by molar-refractivity contribution is 0.0942. The zero-order chi connectivity index (χ0) is 16.6. The molecule has 1 heterocycles. The van der Waals surface area contributed by atoms with Gasteiger partial charge in [0.25, 0.3) is 11.5 Å². The fourth-order valence-electron chi connectivity index (χ4n) is 2.90. The lowest BCUT2D eigenvalue weighted by Crippen LogP contribution is -2.34. The van der Waals surface area contributed by atoms with Gasteiger partial charge >= 0.3 is 0 Å². The average Bonchev–Trinajstić information content (AvgIpc) is 3.16. The summed E-state index contributed by atoms with van der Waals surface area (Å²) in [7, 11) is 0. The Kier molecular flexibility index (Phi) is 3.71. The molecule has 2 atom stereocenters. The van der Waals surface area contributed by atoms with E-state index in [1.54, 1.807) is 0 Å². The van der Waals surface area contributed by atoms with Crippen LogP contribution in [-0.4, -0.2) is 22.6 Å². The van der Waals surface area contributed by atoms with E-state index in [4.69, 9.17) is 0 Å². The summed E-state index contributed by atoms with van der Waals surface area (Å²) in [6, 6.07) is 6.02. The number of benzene rings is 1. The van der Waals surface area contributed by atoms with Gasteiger partial charge in [-0.2, -0.15) is 5.10 Å². The topological polar surface area (TPSA) is 74.8 Å². The normalized spacial score (nSPS) is 22.7. The summed E-state index contributed by atoms with van der Waals surface area (Å²) in [5.41, 5.74) is -0.453. The number of rotatable bonds is 4. The predicted molar refractivity (Wildman–Crippen MR) is 79.0 cm³/mol. The van der Waals surface area contributed by atoms with Gasteiger partial charge in [0.05, 0.1) is 0 Å². The largest absolute Gasteiger partial charge is 0.350 e. The summed E-state index contributed by atoms with van der Waals surface area (Å²) in [5.74, 6) is -1.52. The Labute approximate surface area is 130 Å². The molecule has 2 aromatic rings. The Morgan fingerprint density at radius 1 is 1.39 bits per heavy atom. The number of aromatic nitrogens is 2. The fraction of sp³-hybridized carbons (Fsp3) is 0.312. The molecule has 0 saturated heterocycles. The van der Waals surface area contributed by atoms with Crippen molar-refractivity contribution in [2.75, 3.05) is 6.54 Å². The van der Waals surface area contributed by atoms with Gasteiger partial charge in [-0.05, 0) is 30.0 Å². The molecule has 1 aromatic heterocycles. The molecule has 0 spiro atoms. The van der Waals surface area contributed by atoms with Crippen LogP contribution in [-0.2, 0) is 5.41 Å². The number of hydrogen-bond acceptors (Lipinski definition) is 3. The number of carbonyl (C=O) groups excluding carboxylic acids is 1. The van der Waals surface area contributed by atoms with E-state index in [0.717, 1.165) is 6.07 Å².